The Balaban J connectivity index is 2.44. The molecule has 0 radical (unpaired) electrons. The van der Waals surface area contributed by atoms with Gasteiger partial charge in [0.25, 0.3) is 0 Å². The summed E-state index contributed by atoms with van der Waals surface area (Å²) >= 11 is 0. The normalized spacial score (nSPS) is 12.2. The summed E-state index contributed by atoms with van der Waals surface area (Å²) in [5.41, 5.74) is 0. The largest absolute Gasteiger partial charge is 0.481 e. The molecule has 5 nitrogen and oxygen atoms in total. The Morgan fingerprint density at radius 1 is 1.39 bits per heavy atom. The van der Waals surface area contributed by atoms with E-state index < -0.39 is 11.9 Å². The van der Waals surface area contributed by atoms with E-state index in [1.54, 1.807) is 24.4 Å². The zero-order valence-corrected chi connectivity index (χ0v) is 10.6. The van der Waals surface area contributed by atoms with Gasteiger partial charge in [-0.05, 0) is 24.5 Å². The fourth-order valence-corrected chi connectivity index (χ4v) is 1.67. The Bertz CT molecular complexity index is 404. The number of carbonyl (C=O) groups excluding carboxylic acids is 1. The van der Waals surface area contributed by atoms with Crippen molar-refractivity contribution in [2.24, 2.45) is 11.8 Å². The summed E-state index contributed by atoms with van der Waals surface area (Å²) in [6.45, 7) is 3.69. The molecule has 0 aliphatic rings. The molecule has 1 atom stereocenters. The van der Waals surface area contributed by atoms with Crippen molar-refractivity contribution < 1.29 is 14.7 Å². The van der Waals surface area contributed by atoms with Crippen molar-refractivity contribution in [3.05, 3.63) is 24.4 Å². The SMILES string of the molecule is CC(C)C(CCC(=O)Nc1ccccn1)C(=O)O. The number of hydrogen-bond acceptors (Lipinski definition) is 3. The molecular weight excluding hydrogens is 232 g/mol. The highest BCUT2D eigenvalue weighted by atomic mass is 16.4. The van der Waals surface area contributed by atoms with Crippen molar-refractivity contribution in [2.75, 3.05) is 5.32 Å². The Morgan fingerprint density at radius 3 is 2.61 bits per heavy atom. The lowest BCUT2D eigenvalue weighted by Gasteiger charge is -2.15. The molecule has 1 aromatic heterocycles. The van der Waals surface area contributed by atoms with Gasteiger partial charge in [0.05, 0.1) is 5.92 Å². The molecule has 0 fully saturated rings. The lowest BCUT2D eigenvalue weighted by molar-refractivity contribution is -0.143. The molecule has 98 valence electrons. The molecule has 2 N–H and O–H groups in total. The molecule has 1 unspecified atom stereocenters. The fourth-order valence-electron chi connectivity index (χ4n) is 1.67. The third-order valence-corrected chi connectivity index (χ3v) is 2.74. The molecule has 0 spiro atoms. The van der Waals surface area contributed by atoms with Gasteiger partial charge in [0.15, 0.2) is 0 Å². The van der Waals surface area contributed by atoms with E-state index in [-0.39, 0.29) is 18.2 Å². The lowest BCUT2D eigenvalue weighted by Crippen LogP contribution is -2.22. The van der Waals surface area contributed by atoms with Crippen molar-refractivity contribution in [2.45, 2.75) is 26.7 Å². The molecule has 1 amide bonds. The Hall–Kier alpha value is -1.91. The van der Waals surface area contributed by atoms with Gasteiger partial charge >= 0.3 is 5.97 Å². The third kappa shape index (κ3) is 4.53. The first-order valence-corrected chi connectivity index (χ1v) is 5.94. The molecule has 1 heterocycles. The first-order chi connectivity index (χ1) is 8.50. The highest BCUT2D eigenvalue weighted by Crippen LogP contribution is 2.17. The highest BCUT2D eigenvalue weighted by molar-refractivity contribution is 5.89. The van der Waals surface area contributed by atoms with E-state index in [1.165, 1.54) is 0 Å². The highest BCUT2D eigenvalue weighted by Gasteiger charge is 2.22. The molecule has 0 aromatic carbocycles. The number of aromatic nitrogens is 1. The van der Waals surface area contributed by atoms with Crippen LogP contribution in [0.15, 0.2) is 24.4 Å². The summed E-state index contributed by atoms with van der Waals surface area (Å²) in [5.74, 6) is -1.04. The van der Waals surface area contributed by atoms with E-state index >= 15 is 0 Å². The first-order valence-electron chi connectivity index (χ1n) is 5.94. The van der Waals surface area contributed by atoms with Gasteiger partial charge in [-0.1, -0.05) is 19.9 Å². The van der Waals surface area contributed by atoms with Crippen LogP contribution in [-0.2, 0) is 9.59 Å². The maximum absolute atomic E-state index is 11.6. The molecular formula is C13H18N2O3. The van der Waals surface area contributed by atoms with Crippen molar-refractivity contribution in [3.8, 4) is 0 Å². The van der Waals surface area contributed by atoms with Crippen molar-refractivity contribution in [3.63, 3.8) is 0 Å². The number of pyridine rings is 1. The molecule has 0 bridgehead atoms. The number of hydrogen-bond donors (Lipinski definition) is 2. The van der Waals surface area contributed by atoms with Gasteiger partial charge in [-0.25, -0.2) is 4.98 Å². The van der Waals surface area contributed by atoms with Crippen LogP contribution in [0.4, 0.5) is 5.82 Å². The molecule has 0 aliphatic carbocycles. The second-order valence-corrected chi connectivity index (χ2v) is 4.49. The number of carbonyl (C=O) groups is 2. The van der Waals surface area contributed by atoms with Gasteiger partial charge < -0.3 is 10.4 Å². The lowest BCUT2D eigenvalue weighted by atomic mass is 9.91. The van der Waals surface area contributed by atoms with Gasteiger partial charge in [-0.15, -0.1) is 0 Å². The number of carboxylic acids is 1. The quantitative estimate of drug-likeness (QED) is 0.810. The number of nitrogens with one attached hydrogen (secondary N) is 1. The number of amides is 1. The van der Waals surface area contributed by atoms with Crippen LogP contribution in [0.1, 0.15) is 26.7 Å². The van der Waals surface area contributed by atoms with E-state index in [0.717, 1.165) is 0 Å². The predicted molar refractivity (Wildman–Crippen MR) is 68.1 cm³/mol. The van der Waals surface area contributed by atoms with Crippen molar-refractivity contribution >= 4 is 17.7 Å². The van der Waals surface area contributed by atoms with E-state index in [0.29, 0.717) is 12.2 Å². The smallest absolute Gasteiger partial charge is 0.306 e. The van der Waals surface area contributed by atoms with Gasteiger partial charge in [-0.3, -0.25) is 9.59 Å². The minimum absolute atomic E-state index is 0.0187. The predicted octanol–water partition coefficient (Wildman–Crippen LogP) is 2.16. The summed E-state index contributed by atoms with van der Waals surface area (Å²) in [6.07, 6.45) is 2.11. The number of anilines is 1. The Kier molecular flexibility index (Phi) is 5.30. The van der Waals surface area contributed by atoms with Crippen molar-refractivity contribution in [1.29, 1.82) is 0 Å². The van der Waals surface area contributed by atoms with Crippen LogP contribution < -0.4 is 5.32 Å². The van der Waals surface area contributed by atoms with Crippen LogP contribution in [0, 0.1) is 11.8 Å². The fraction of sp³-hybridized carbons (Fsp3) is 0.462. The number of nitrogens with zero attached hydrogens (tertiary/aromatic N) is 1. The molecule has 1 aromatic rings. The molecule has 0 saturated carbocycles. The Labute approximate surface area is 106 Å². The first kappa shape index (κ1) is 14.2. The van der Waals surface area contributed by atoms with E-state index in [9.17, 15) is 9.59 Å². The van der Waals surface area contributed by atoms with Gasteiger partial charge in [0, 0.05) is 12.6 Å². The minimum atomic E-state index is -0.851. The number of carboxylic acid groups (broad SMARTS) is 1. The van der Waals surface area contributed by atoms with E-state index in [4.69, 9.17) is 5.11 Å². The summed E-state index contributed by atoms with van der Waals surface area (Å²) < 4.78 is 0. The van der Waals surface area contributed by atoms with Crippen LogP contribution in [0.2, 0.25) is 0 Å². The molecule has 0 aliphatic heterocycles. The number of rotatable bonds is 6. The second kappa shape index (κ2) is 6.74. The Morgan fingerprint density at radius 2 is 2.11 bits per heavy atom. The minimum Gasteiger partial charge on any atom is -0.481 e. The van der Waals surface area contributed by atoms with Gasteiger partial charge in [0.1, 0.15) is 5.82 Å². The monoisotopic (exact) mass is 250 g/mol. The average Bonchev–Trinajstić information content (AvgIpc) is 2.29. The van der Waals surface area contributed by atoms with Crippen LogP contribution in [0.3, 0.4) is 0 Å². The zero-order valence-electron chi connectivity index (χ0n) is 10.6. The van der Waals surface area contributed by atoms with Gasteiger partial charge in [-0.2, -0.15) is 0 Å². The molecule has 18 heavy (non-hydrogen) atoms. The van der Waals surface area contributed by atoms with Crippen LogP contribution in [0.25, 0.3) is 0 Å². The maximum atomic E-state index is 11.6. The van der Waals surface area contributed by atoms with E-state index in [2.05, 4.69) is 10.3 Å². The second-order valence-electron chi connectivity index (χ2n) is 4.49. The average molecular weight is 250 g/mol. The topological polar surface area (TPSA) is 79.3 Å². The van der Waals surface area contributed by atoms with Gasteiger partial charge in [0.2, 0.25) is 5.91 Å². The van der Waals surface area contributed by atoms with Crippen LogP contribution >= 0.6 is 0 Å². The summed E-state index contributed by atoms with van der Waals surface area (Å²) in [4.78, 5) is 26.6. The molecule has 1 rings (SSSR count). The third-order valence-electron chi connectivity index (χ3n) is 2.74. The standard InChI is InChI=1S/C13H18N2O3/c1-9(2)10(13(17)18)6-7-12(16)15-11-5-3-4-8-14-11/h3-5,8-10H,6-7H2,1-2H3,(H,17,18)(H,14,15,16). The summed E-state index contributed by atoms with van der Waals surface area (Å²) in [6, 6.07) is 5.22. The summed E-state index contributed by atoms with van der Waals surface area (Å²) in [7, 11) is 0. The zero-order chi connectivity index (χ0) is 13.5. The molecule has 0 saturated heterocycles. The molecule has 5 heteroatoms. The van der Waals surface area contributed by atoms with Crippen LogP contribution in [0.5, 0.6) is 0 Å². The number of aliphatic carboxylic acids is 1. The van der Waals surface area contributed by atoms with Crippen molar-refractivity contribution in [1.82, 2.24) is 4.98 Å². The van der Waals surface area contributed by atoms with Crippen LogP contribution in [-0.4, -0.2) is 22.0 Å². The summed E-state index contributed by atoms with van der Waals surface area (Å²) in [5, 5.41) is 11.6. The maximum Gasteiger partial charge on any atom is 0.306 e. The van der Waals surface area contributed by atoms with E-state index in [1.807, 2.05) is 13.8 Å².